The molecule has 0 aromatic heterocycles. The monoisotopic (exact) mass is 175 g/mol. The van der Waals surface area contributed by atoms with E-state index in [1.54, 1.807) is 0 Å². The quantitative estimate of drug-likeness (QED) is 0.679. The fourth-order valence-electron chi connectivity index (χ4n) is 1.38. The van der Waals surface area contributed by atoms with Crippen LogP contribution in [-0.4, -0.2) is 0 Å². The van der Waals surface area contributed by atoms with Crippen LogP contribution in [0.5, 0.6) is 0 Å². The van der Waals surface area contributed by atoms with E-state index in [4.69, 9.17) is 0 Å². The molecule has 0 spiro atoms. The average Bonchev–Trinajstić information content (AvgIpc) is 2.13. The molecule has 1 heteroatoms. The maximum atomic E-state index is 3.84. The van der Waals surface area contributed by atoms with E-state index in [1.165, 1.54) is 16.8 Å². The maximum Gasteiger partial charge on any atom is 0.0373 e. The van der Waals surface area contributed by atoms with Crippen molar-refractivity contribution in [1.82, 2.24) is 5.32 Å². The van der Waals surface area contributed by atoms with Gasteiger partial charge in [-0.2, -0.15) is 0 Å². The second kappa shape index (κ2) is 4.13. The van der Waals surface area contributed by atoms with Gasteiger partial charge in [-0.1, -0.05) is 30.4 Å². The summed E-state index contributed by atoms with van der Waals surface area (Å²) in [6.07, 6.45) is 7.59. The van der Waals surface area contributed by atoms with Crippen LogP contribution < -0.4 is 5.32 Å². The summed E-state index contributed by atoms with van der Waals surface area (Å²) < 4.78 is 0. The topological polar surface area (TPSA) is 12.0 Å². The molecule has 0 unspecified atom stereocenters. The minimum atomic E-state index is 0.985. The molecule has 0 atom stereocenters. The lowest BCUT2D eigenvalue weighted by atomic mass is 10.1. The summed E-state index contributed by atoms with van der Waals surface area (Å²) in [6, 6.07) is 0. The highest BCUT2D eigenvalue weighted by Gasteiger charge is 2.01. The molecule has 1 aliphatic rings. The van der Waals surface area contributed by atoms with Crippen molar-refractivity contribution in [2.45, 2.75) is 27.2 Å². The van der Waals surface area contributed by atoms with Crippen molar-refractivity contribution in [3.63, 3.8) is 0 Å². The van der Waals surface area contributed by atoms with Crippen LogP contribution in [0.1, 0.15) is 27.2 Å². The van der Waals surface area contributed by atoms with Crippen molar-refractivity contribution >= 4 is 0 Å². The molecule has 13 heavy (non-hydrogen) atoms. The highest BCUT2D eigenvalue weighted by molar-refractivity contribution is 5.38. The van der Waals surface area contributed by atoms with Crippen molar-refractivity contribution in [2.75, 3.05) is 0 Å². The van der Waals surface area contributed by atoms with Gasteiger partial charge in [-0.25, -0.2) is 0 Å². The van der Waals surface area contributed by atoms with Gasteiger partial charge >= 0.3 is 0 Å². The first-order chi connectivity index (χ1) is 6.09. The van der Waals surface area contributed by atoms with Gasteiger partial charge in [0.15, 0.2) is 0 Å². The highest BCUT2D eigenvalue weighted by Crippen LogP contribution is 2.16. The third-order valence-corrected chi connectivity index (χ3v) is 1.98. The van der Waals surface area contributed by atoms with Crippen LogP contribution >= 0.6 is 0 Å². The maximum absolute atomic E-state index is 3.84. The third-order valence-electron chi connectivity index (χ3n) is 1.98. The number of allylic oxidation sites excluding steroid dienone is 6. The molecule has 0 heterocycles. The molecular weight excluding hydrogens is 158 g/mol. The summed E-state index contributed by atoms with van der Waals surface area (Å²) in [7, 11) is 0. The zero-order chi connectivity index (χ0) is 9.84. The van der Waals surface area contributed by atoms with Gasteiger partial charge in [0.05, 0.1) is 0 Å². The molecule has 0 aliphatic heterocycles. The molecule has 1 rings (SSSR count). The summed E-state index contributed by atoms with van der Waals surface area (Å²) in [6.45, 7) is 10.1. The van der Waals surface area contributed by atoms with Gasteiger partial charge in [0, 0.05) is 11.4 Å². The van der Waals surface area contributed by atoms with Crippen molar-refractivity contribution in [2.24, 2.45) is 0 Å². The summed E-state index contributed by atoms with van der Waals surface area (Å²) in [5.74, 6) is 0. The van der Waals surface area contributed by atoms with Gasteiger partial charge in [0.25, 0.3) is 0 Å². The van der Waals surface area contributed by atoms with Crippen LogP contribution in [0.4, 0.5) is 0 Å². The Kier molecular flexibility index (Phi) is 3.13. The predicted octanol–water partition coefficient (Wildman–Crippen LogP) is 3.29. The van der Waals surface area contributed by atoms with Crippen LogP contribution in [-0.2, 0) is 0 Å². The molecule has 70 valence electrons. The fraction of sp³-hybridized carbons (Fsp3) is 0.333. The Morgan fingerprint density at radius 2 is 2.08 bits per heavy atom. The van der Waals surface area contributed by atoms with Crippen molar-refractivity contribution < 1.29 is 0 Å². The van der Waals surface area contributed by atoms with Gasteiger partial charge in [-0.05, 0) is 32.8 Å². The lowest BCUT2D eigenvalue weighted by Crippen LogP contribution is -2.10. The fourth-order valence-corrected chi connectivity index (χ4v) is 1.38. The Labute approximate surface area is 80.5 Å². The zero-order valence-corrected chi connectivity index (χ0v) is 8.65. The molecule has 1 nitrogen and oxygen atoms in total. The largest absolute Gasteiger partial charge is 0.360 e. The molecular formula is C12H17N. The van der Waals surface area contributed by atoms with Gasteiger partial charge < -0.3 is 5.32 Å². The van der Waals surface area contributed by atoms with Crippen LogP contribution in [0.3, 0.4) is 0 Å². The summed E-state index contributed by atoms with van der Waals surface area (Å²) >= 11 is 0. The van der Waals surface area contributed by atoms with E-state index in [2.05, 4.69) is 44.0 Å². The second-order valence-electron chi connectivity index (χ2n) is 3.53. The second-order valence-corrected chi connectivity index (χ2v) is 3.53. The standard InChI is InChI=1S/C12H17N/c1-9(2)13-12-7-5-6-10(3)8-11(12)4/h6-8,13H,1,5H2,2-4H3. The SMILES string of the molecule is C=C(C)NC1=CCC=C(C)C=C1C. The molecule has 0 radical (unpaired) electrons. The van der Waals surface area contributed by atoms with Crippen molar-refractivity contribution in [1.29, 1.82) is 0 Å². The number of hydrogen-bond acceptors (Lipinski definition) is 1. The summed E-state index contributed by atoms with van der Waals surface area (Å²) in [5, 5.41) is 3.26. The number of hydrogen-bond donors (Lipinski definition) is 1. The normalized spacial score (nSPS) is 16.7. The van der Waals surface area contributed by atoms with E-state index in [-0.39, 0.29) is 0 Å². The lowest BCUT2D eigenvalue weighted by molar-refractivity contribution is 0.974. The van der Waals surface area contributed by atoms with E-state index >= 15 is 0 Å². The van der Waals surface area contributed by atoms with Gasteiger partial charge in [0.2, 0.25) is 0 Å². The van der Waals surface area contributed by atoms with Crippen molar-refractivity contribution in [3.8, 4) is 0 Å². The minimum Gasteiger partial charge on any atom is -0.360 e. The van der Waals surface area contributed by atoms with Crippen LogP contribution in [0.25, 0.3) is 0 Å². The number of rotatable bonds is 2. The average molecular weight is 175 g/mol. The van der Waals surface area contributed by atoms with Crippen molar-refractivity contribution in [3.05, 3.63) is 47.3 Å². The first-order valence-electron chi connectivity index (χ1n) is 4.57. The van der Waals surface area contributed by atoms with E-state index in [0.29, 0.717) is 0 Å². The molecule has 1 aliphatic carbocycles. The summed E-state index contributed by atoms with van der Waals surface area (Å²) in [4.78, 5) is 0. The molecule has 0 saturated carbocycles. The van der Waals surface area contributed by atoms with E-state index in [0.717, 1.165) is 12.1 Å². The Morgan fingerprint density at radius 3 is 2.69 bits per heavy atom. The summed E-state index contributed by atoms with van der Waals surface area (Å²) in [5.41, 5.74) is 4.76. The molecule has 0 amide bonds. The smallest absolute Gasteiger partial charge is 0.0373 e. The minimum absolute atomic E-state index is 0.985. The Morgan fingerprint density at radius 1 is 1.38 bits per heavy atom. The Hall–Kier alpha value is -1.24. The third kappa shape index (κ3) is 2.94. The van der Waals surface area contributed by atoms with E-state index in [9.17, 15) is 0 Å². The first kappa shape index (κ1) is 9.85. The predicted molar refractivity (Wildman–Crippen MR) is 58.2 cm³/mol. The van der Waals surface area contributed by atoms with E-state index in [1.807, 2.05) is 6.92 Å². The van der Waals surface area contributed by atoms with Gasteiger partial charge in [-0.15, -0.1) is 0 Å². The van der Waals surface area contributed by atoms with Gasteiger partial charge in [-0.3, -0.25) is 0 Å². The lowest BCUT2D eigenvalue weighted by Gasteiger charge is -2.09. The highest BCUT2D eigenvalue weighted by atomic mass is 14.9. The van der Waals surface area contributed by atoms with Crippen LogP contribution in [0, 0.1) is 0 Å². The van der Waals surface area contributed by atoms with Crippen LogP contribution in [0.2, 0.25) is 0 Å². The Bertz CT molecular complexity index is 303. The molecule has 1 N–H and O–H groups in total. The van der Waals surface area contributed by atoms with Gasteiger partial charge in [0.1, 0.15) is 0 Å². The number of nitrogens with one attached hydrogen (secondary N) is 1. The molecule has 0 saturated heterocycles. The molecule has 0 bridgehead atoms. The van der Waals surface area contributed by atoms with E-state index < -0.39 is 0 Å². The first-order valence-corrected chi connectivity index (χ1v) is 4.57. The van der Waals surface area contributed by atoms with Crippen LogP contribution in [0.15, 0.2) is 47.3 Å². The Balaban J connectivity index is 2.82. The molecule has 0 fully saturated rings. The molecule has 0 aromatic rings. The zero-order valence-electron chi connectivity index (χ0n) is 8.65. The molecule has 0 aromatic carbocycles.